The summed E-state index contributed by atoms with van der Waals surface area (Å²) in [4.78, 5) is 30.7. The molecule has 0 aliphatic carbocycles. The Morgan fingerprint density at radius 3 is 2.24 bits per heavy atom. The van der Waals surface area contributed by atoms with E-state index in [1.807, 2.05) is 30.3 Å². The minimum atomic E-state index is -4.43. The average molecular weight is 475 g/mol. The minimum absolute atomic E-state index is 0.0284. The van der Waals surface area contributed by atoms with E-state index in [2.05, 4.69) is 10.3 Å². The highest BCUT2D eigenvalue weighted by atomic mass is 32.1. The number of hydrogen-bond donors (Lipinski definition) is 2. The van der Waals surface area contributed by atoms with Crippen molar-refractivity contribution in [3.05, 3.63) is 70.0 Å². The van der Waals surface area contributed by atoms with E-state index in [0.29, 0.717) is 31.6 Å². The second-order valence-electron chi connectivity index (χ2n) is 7.67. The lowest BCUT2D eigenvalue weighted by Crippen LogP contribution is -2.40. The molecule has 0 saturated carbocycles. The number of carbonyl (C=O) groups is 2. The minimum Gasteiger partial charge on any atom is -0.477 e. The molecule has 1 aliphatic rings. The smallest absolute Gasteiger partial charge is 0.416 e. The second-order valence-corrected chi connectivity index (χ2v) is 8.70. The molecule has 2 aromatic carbocycles. The number of rotatable bonds is 4. The van der Waals surface area contributed by atoms with Gasteiger partial charge in [0.1, 0.15) is 4.88 Å². The lowest BCUT2D eigenvalue weighted by Gasteiger charge is -2.31. The number of amides is 2. The van der Waals surface area contributed by atoms with Crippen molar-refractivity contribution >= 4 is 29.0 Å². The van der Waals surface area contributed by atoms with Gasteiger partial charge >= 0.3 is 18.2 Å². The highest BCUT2D eigenvalue weighted by molar-refractivity contribution is 7.14. The normalized spacial score (nSPS) is 14.8. The topological polar surface area (TPSA) is 82.5 Å². The van der Waals surface area contributed by atoms with Crippen LogP contribution in [0.15, 0.2) is 54.6 Å². The van der Waals surface area contributed by atoms with Crippen molar-refractivity contribution < 1.29 is 27.9 Å². The number of aromatic nitrogens is 1. The lowest BCUT2D eigenvalue weighted by atomic mass is 9.97. The Morgan fingerprint density at radius 1 is 1.03 bits per heavy atom. The van der Waals surface area contributed by atoms with Gasteiger partial charge in [-0.15, -0.1) is 11.3 Å². The summed E-state index contributed by atoms with van der Waals surface area (Å²) in [6.07, 6.45) is -3.20. The number of piperidine rings is 1. The van der Waals surface area contributed by atoms with Crippen LogP contribution in [-0.2, 0) is 6.18 Å². The number of carboxylic acids is 1. The Labute approximate surface area is 191 Å². The van der Waals surface area contributed by atoms with E-state index < -0.39 is 17.7 Å². The summed E-state index contributed by atoms with van der Waals surface area (Å²) in [7, 11) is 0. The molecule has 1 aliphatic heterocycles. The van der Waals surface area contributed by atoms with Gasteiger partial charge < -0.3 is 15.3 Å². The van der Waals surface area contributed by atoms with E-state index in [4.69, 9.17) is 0 Å². The van der Waals surface area contributed by atoms with E-state index in [0.717, 1.165) is 34.0 Å². The van der Waals surface area contributed by atoms with Crippen LogP contribution < -0.4 is 5.32 Å². The summed E-state index contributed by atoms with van der Waals surface area (Å²) in [5.41, 5.74) is 0.699. The van der Waals surface area contributed by atoms with Crippen molar-refractivity contribution in [1.82, 2.24) is 9.88 Å². The van der Waals surface area contributed by atoms with Crippen LogP contribution in [0.2, 0.25) is 0 Å². The van der Waals surface area contributed by atoms with Gasteiger partial charge in [0.2, 0.25) is 0 Å². The molecule has 0 radical (unpaired) electrons. The lowest BCUT2D eigenvalue weighted by molar-refractivity contribution is -0.137. The molecule has 1 saturated heterocycles. The predicted molar refractivity (Wildman–Crippen MR) is 119 cm³/mol. The van der Waals surface area contributed by atoms with Crippen molar-refractivity contribution in [3.8, 4) is 11.3 Å². The number of thiazole rings is 1. The van der Waals surface area contributed by atoms with Gasteiger partial charge in [0.15, 0.2) is 0 Å². The fourth-order valence-corrected chi connectivity index (χ4v) is 4.82. The summed E-state index contributed by atoms with van der Waals surface area (Å²) in [5, 5.41) is 13.0. The Bertz CT molecular complexity index is 1140. The van der Waals surface area contributed by atoms with Gasteiger partial charge in [0, 0.05) is 30.3 Å². The zero-order valence-corrected chi connectivity index (χ0v) is 18.1. The largest absolute Gasteiger partial charge is 0.477 e. The average Bonchev–Trinajstić information content (AvgIpc) is 3.25. The zero-order chi connectivity index (χ0) is 23.6. The number of halogens is 3. The van der Waals surface area contributed by atoms with Gasteiger partial charge in [0.05, 0.1) is 16.3 Å². The molecule has 0 spiro atoms. The highest BCUT2D eigenvalue weighted by Gasteiger charge is 2.31. The quantitative estimate of drug-likeness (QED) is 0.489. The standard InChI is InChI=1S/C23H20F3N3O3S/c24-23(25,26)16-6-8-17(9-7-16)27-22(32)29-12-10-15(11-13-29)20-28-18(19(33-20)21(30)31)14-4-2-1-3-5-14/h1-9,15H,10-13H2,(H,27,32)(H,30,31). The molecule has 4 rings (SSSR count). The summed E-state index contributed by atoms with van der Waals surface area (Å²) in [6, 6.07) is 13.1. The van der Waals surface area contributed by atoms with E-state index in [1.165, 1.54) is 12.1 Å². The molecule has 3 aromatic rings. The van der Waals surface area contributed by atoms with Crippen LogP contribution in [-0.4, -0.2) is 40.1 Å². The molecule has 0 bridgehead atoms. The molecule has 10 heteroatoms. The summed E-state index contributed by atoms with van der Waals surface area (Å²) < 4.78 is 38.1. The molecule has 1 aromatic heterocycles. The van der Waals surface area contributed by atoms with Crippen molar-refractivity contribution in [3.63, 3.8) is 0 Å². The number of carboxylic acid groups (broad SMARTS) is 1. The maximum Gasteiger partial charge on any atom is 0.416 e. The maximum absolute atomic E-state index is 12.7. The number of anilines is 1. The molecule has 172 valence electrons. The maximum atomic E-state index is 12.7. The van der Waals surface area contributed by atoms with Crippen LogP contribution in [0.1, 0.15) is 39.0 Å². The number of nitrogens with zero attached hydrogens (tertiary/aromatic N) is 2. The van der Waals surface area contributed by atoms with Crippen LogP contribution in [0.4, 0.5) is 23.7 Å². The Morgan fingerprint density at radius 2 is 1.67 bits per heavy atom. The number of benzene rings is 2. The molecule has 2 N–H and O–H groups in total. The fourth-order valence-electron chi connectivity index (χ4n) is 3.72. The van der Waals surface area contributed by atoms with Gasteiger partial charge in [-0.3, -0.25) is 0 Å². The molecule has 6 nitrogen and oxygen atoms in total. The van der Waals surface area contributed by atoms with Crippen LogP contribution in [0, 0.1) is 0 Å². The fraction of sp³-hybridized carbons (Fsp3) is 0.261. The van der Waals surface area contributed by atoms with Gasteiger partial charge in [-0.1, -0.05) is 30.3 Å². The van der Waals surface area contributed by atoms with Crippen LogP contribution in [0.25, 0.3) is 11.3 Å². The number of nitrogens with one attached hydrogen (secondary N) is 1. The summed E-state index contributed by atoms with van der Waals surface area (Å²) in [5.74, 6) is -0.994. The molecule has 2 heterocycles. The number of hydrogen-bond acceptors (Lipinski definition) is 4. The molecule has 0 unspecified atom stereocenters. The molecular weight excluding hydrogens is 455 g/mol. The molecule has 1 fully saturated rings. The van der Waals surface area contributed by atoms with Crippen molar-refractivity contribution in [2.75, 3.05) is 18.4 Å². The van der Waals surface area contributed by atoms with Gasteiger partial charge in [0.25, 0.3) is 0 Å². The van der Waals surface area contributed by atoms with Crippen LogP contribution in [0.5, 0.6) is 0 Å². The first-order chi connectivity index (χ1) is 15.7. The first kappa shape index (κ1) is 22.8. The third-order valence-electron chi connectivity index (χ3n) is 5.48. The molecule has 33 heavy (non-hydrogen) atoms. The first-order valence-electron chi connectivity index (χ1n) is 10.2. The van der Waals surface area contributed by atoms with Gasteiger partial charge in [-0.25, -0.2) is 14.6 Å². The number of carbonyl (C=O) groups excluding carboxylic acids is 1. The van der Waals surface area contributed by atoms with Crippen molar-refractivity contribution in [2.24, 2.45) is 0 Å². The Hall–Kier alpha value is -3.40. The summed E-state index contributed by atoms with van der Waals surface area (Å²) in [6.45, 7) is 0.861. The third-order valence-corrected chi connectivity index (χ3v) is 6.69. The third kappa shape index (κ3) is 5.16. The number of urea groups is 1. The van der Waals surface area contributed by atoms with Gasteiger partial charge in [-0.2, -0.15) is 13.2 Å². The first-order valence-corrected chi connectivity index (χ1v) is 11.1. The van der Waals surface area contributed by atoms with Crippen LogP contribution in [0.3, 0.4) is 0 Å². The van der Waals surface area contributed by atoms with E-state index >= 15 is 0 Å². The van der Waals surface area contributed by atoms with Gasteiger partial charge in [-0.05, 0) is 37.1 Å². The van der Waals surface area contributed by atoms with E-state index in [9.17, 15) is 27.9 Å². The second kappa shape index (κ2) is 9.22. The van der Waals surface area contributed by atoms with Crippen molar-refractivity contribution in [1.29, 1.82) is 0 Å². The molecule has 2 amide bonds. The predicted octanol–water partition coefficient (Wildman–Crippen LogP) is 5.94. The number of likely N-dealkylation sites (tertiary alicyclic amines) is 1. The number of aromatic carboxylic acids is 1. The molecule has 0 atom stereocenters. The monoisotopic (exact) mass is 475 g/mol. The zero-order valence-electron chi connectivity index (χ0n) is 17.3. The van der Waals surface area contributed by atoms with E-state index in [-0.39, 0.29) is 22.5 Å². The molecular formula is C23H20F3N3O3S. The van der Waals surface area contributed by atoms with E-state index in [1.54, 1.807) is 4.90 Å². The summed E-state index contributed by atoms with van der Waals surface area (Å²) >= 11 is 1.16. The Balaban J connectivity index is 1.40. The highest BCUT2D eigenvalue weighted by Crippen LogP contribution is 2.36. The Kier molecular flexibility index (Phi) is 6.37. The number of alkyl halides is 3. The SMILES string of the molecule is O=C(O)c1sc(C2CCN(C(=O)Nc3ccc(C(F)(F)F)cc3)CC2)nc1-c1ccccc1. The van der Waals surface area contributed by atoms with Crippen LogP contribution >= 0.6 is 11.3 Å². The van der Waals surface area contributed by atoms with Crippen molar-refractivity contribution in [2.45, 2.75) is 24.9 Å².